The van der Waals surface area contributed by atoms with Crippen LogP contribution in [0.15, 0.2) is 121 Å². The average molecular weight is 1680 g/mol. The maximum Gasteiger partial charge on any atom is 0.217 e. The van der Waals surface area contributed by atoms with Gasteiger partial charge in [0, 0.05) is 27.7 Å². The van der Waals surface area contributed by atoms with Gasteiger partial charge in [-0.2, -0.15) is 0 Å². The van der Waals surface area contributed by atoms with E-state index < -0.39 is 278 Å². The van der Waals surface area contributed by atoms with Crippen LogP contribution in [0.4, 0.5) is 0 Å². The second-order valence-electron chi connectivity index (χ2n) is 29.7. The molecule has 118 heavy (non-hydrogen) atoms. The van der Waals surface area contributed by atoms with Crippen LogP contribution in [0.3, 0.4) is 0 Å². The summed E-state index contributed by atoms with van der Waals surface area (Å²) in [5, 5.41) is 182. The quantitative estimate of drug-likeness (QED) is 0.0204. The summed E-state index contributed by atoms with van der Waals surface area (Å²) in [6.07, 6.45) is -59.1. The monoisotopic (exact) mass is 1680 g/mol. The first-order valence-corrected chi connectivity index (χ1v) is 38.7. The molecule has 0 radical (unpaired) electrons. The van der Waals surface area contributed by atoms with E-state index in [2.05, 4.69) is 21.3 Å². The summed E-state index contributed by atoms with van der Waals surface area (Å²) in [4.78, 5) is 52.7. The predicted molar refractivity (Wildman–Crippen MR) is 394 cm³/mol. The number of ether oxygens (including phenoxy) is 17. The Morgan fingerprint density at radius 1 is 0.280 bits per heavy atom. The number of carbonyl (C=O) groups is 4. The zero-order valence-corrected chi connectivity index (χ0v) is 64.8. The van der Waals surface area contributed by atoms with Crippen molar-refractivity contribution in [2.24, 2.45) is 0 Å². The summed E-state index contributed by atoms with van der Waals surface area (Å²) < 4.78 is 110. The molecule has 0 spiro atoms. The molecule has 0 unspecified atom stereocenters. The third kappa shape index (κ3) is 23.0. The standard InChI is InChI=1S/C78H108N4O36/c1-36(87)79-51-60(96)55(91)44(25-83)108-73(51)117-70-62(98)57(93)46(27-85)110-77(70)106-35-48-59(95)69(116-78-71(63(99)58(94)47(28-86)111-78)118-74-52(80-37(2)88)61(97)56(92)45(26-84)109-74)64(100)76(112-48)115-66-50(34-103-30-41-19-11-6-12-20-41)113-75(54(82-39(4)90)68(66)105-32-43-23-15-8-16-24-43)114-65-49(33-102-29-40-17-9-5-10-18-40)107-72(101)53(81-38(3)89)67(65)104-31-42-21-13-7-14-22-42/h5-24,44-78,83-86,91-101H,25-35H2,1-4H3,(H,79,87)(H,80,88)(H,81,89)(H,82,90)/t44-,45-,46-,47-,48-,49-,50-,51-,52-,53-,54-,55-,56-,57-,58-,59-,60-,61-,62+,63+,64+,65-,66-,67-,68-,69+,70+,71+,72-,73+,74+,75+,76+,77+,78-/m1/s1. The number of amides is 4. The van der Waals surface area contributed by atoms with Crippen LogP contribution >= 0.6 is 0 Å². The molecule has 4 aromatic rings. The van der Waals surface area contributed by atoms with Crippen molar-refractivity contribution in [1.82, 2.24) is 21.3 Å². The summed E-state index contributed by atoms with van der Waals surface area (Å²) >= 11 is 0. The minimum atomic E-state index is -2.40. The first-order valence-electron chi connectivity index (χ1n) is 38.7. The Bertz CT molecular complexity index is 3720. The number of aliphatic hydroxyl groups excluding tert-OH is 15. The maximum absolute atomic E-state index is 14.2. The molecule has 35 atom stereocenters. The van der Waals surface area contributed by atoms with Gasteiger partial charge in [0.25, 0.3) is 0 Å². The minimum absolute atomic E-state index is 0.0281. The molecule has 19 N–H and O–H groups in total. The third-order valence-corrected chi connectivity index (χ3v) is 21.1. The van der Waals surface area contributed by atoms with Crippen LogP contribution in [-0.2, 0) is 126 Å². The highest BCUT2D eigenvalue weighted by Gasteiger charge is 2.60. The fraction of sp³-hybridized carbons (Fsp3) is 0.641. The van der Waals surface area contributed by atoms with Gasteiger partial charge in [-0.3, -0.25) is 19.2 Å². The van der Waals surface area contributed by atoms with Gasteiger partial charge in [-0.15, -0.1) is 0 Å². The number of carbonyl (C=O) groups excluding carboxylic acids is 4. The molecule has 11 rings (SSSR count). The van der Waals surface area contributed by atoms with Crippen molar-refractivity contribution in [2.45, 2.75) is 269 Å². The average Bonchev–Trinajstić information content (AvgIpc) is 0.760. The van der Waals surface area contributed by atoms with Gasteiger partial charge in [0.05, 0.1) is 72.7 Å². The number of nitrogens with one attached hydrogen (secondary N) is 4. The number of hydrogen-bond donors (Lipinski definition) is 19. The second-order valence-corrected chi connectivity index (χ2v) is 29.7. The topological polar surface area (TPSA) is 577 Å². The Kier molecular flexibility index (Phi) is 34.0. The molecule has 40 nitrogen and oxygen atoms in total. The van der Waals surface area contributed by atoms with E-state index in [0.717, 1.165) is 19.4 Å². The normalized spacial score (nSPS) is 39.0. The van der Waals surface area contributed by atoms with Crippen molar-refractivity contribution in [3.8, 4) is 0 Å². The zero-order valence-electron chi connectivity index (χ0n) is 64.8. The van der Waals surface area contributed by atoms with Crippen molar-refractivity contribution in [3.05, 3.63) is 144 Å². The van der Waals surface area contributed by atoms with E-state index in [1.807, 2.05) is 30.3 Å². The lowest BCUT2D eigenvalue weighted by atomic mass is 9.93. The van der Waals surface area contributed by atoms with E-state index in [0.29, 0.717) is 16.7 Å². The Labute approximate surface area is 677 Å². The van der Waals surface area contributed by atoms with Crippen molar-refractivity contribution in [2.75, 3.05) is 46.2 Å². The molecule has 656 valence electrons. The van der Waals surface area contributed by atoms with Crippen molar-refractivity contribution < 1.29 is 176 Å². The van der Waals surface area contributed by atoms with Gasteiger partial charge in [-0.05, 0) is 22.3 Å². The first-order chi connectivity index (χ1) is 56.7. The van der Waals surface area contributed by atoms with Crippen LogP contribution in [0.2, 0.25) is 0 Å². The molecule has 4 amide bonds. The van der Waals surface area contributed by atoms with E-state index in [9.17, 15) is 95.8 Å². The highest BCUT2D eigenvalue weighted by Crippen LogP contribution is 2.40. The minimum Gasteiger partial charge on any atom is -0.394 e. The van der Waals surface area contributed by atoms with E-state index in [1.54, 1.807) is 91.0 Å². The molecule has 4 aromatic carbocycles. The predicted octanol–water partition coefficient (Wildman–Crippen LogP) is -6.80. The molecule has 0 bridgehead atoms. The van der Waals surface area contributed by atoms with Gasteiger partial charge in [-0.25, -0.2) is 0 Å². The molecule has 7 aliphatic heterocycles. The van der Waals surface area contributed by atoms with Crippen molar-refractivity contribution in [3.63, 3.8) is 0 Å². The summed E-state index contributed by atoms with van der Waals surface area (Å²) in [6.45, 7) is -1.87. The SMILES string of the molecule is CC(=O)N[C@@H]1[C@@H](OCc2ccccc2)[C@H](O[C@@H]2O[C@H](COCc3ccccc3)[C@@H](O[C@@H]3O[C@H](CO[C@H]4O[C@H](CO)[C@@H](O)[C@H](O)[C@@H]4O[C@@H]4O[C@H](CO)[C@@H](O)[C@H](O)[C@H]4NC(C)=O)[C@@H](O)[C@H](O[C@H]4O[C@H](CO)[C@@H](O)[C@H](O)[C@@H]4O[C@@H]4O[C@H](CO)[C@@H](O)[C@H](O)[C@H]4NC(C)=O)[C@@H]3O)[C@H](OCc3ccccc3)[C@H]2NC(C)=O)[C@@H](COCc2ccccc2)O[C@H]1O. The van der Waals surface area contributed by atoms with Crippen LogP contribution in [0.1, 0.15) is 49.9 Å². The van der Waals surface area contributed by atoms with Gasteiger partial charge < -0.3 is 178 Å². The molecule has 0 saturated carbocycles. The smallest absolute Gasteiger partial charge is 0.217 e. The summed E-state index contributed by atoms with van der Waals surface area (Å²) in [5.74, 6) is -2.94. The Balaban J connectivity index is 1.01. The zero-order chi connectivity index (χ0) is 84.6. The lowest BCUT2D eigenvalue weighted by molar-refractivity contribution is -0.397. The van der Waals surface area contributed by atoms with Crippen LogP contribution in [0.25, 0.3) is 0 Å². The fourth-order valence-corrected chi connectivity index (χ4v) is 15.1. The summed E-state index contributed by atoms with van der Waals surface area (Å²) in [7, 11) is 0. The summed E-state index contributed by atoms with van der Waals surface area (Å²) in [6, 6.07) is 29.1. The highest BCUT2D eigenvalue weighted by atomic mass is 16.8. The van der Waals surface area contributed by atoms with Crippen LogP contribution in [0, 0.1) is 0 Å². The molecule has 7 saturated heterocycles. The van der Waals surface area contributed by atoms with Crippen LogP contribution in [0.5, 0.6) is 0 Å². The number of benzene rings is 4. The van der Waals surface area contributed by atoms with E-state index >= 15 is 0 Å². The van der Waals surface area contributed by atoms with Gasteiger partial charge in [0.15, 0.2) is 44.0 Å². The highest BCUT2D eigenvalue weighted by molar-refractivity contribution is 5.74. The molecule has 7 aliphatic rings. The molecular weight excluding hydrogens is 1570 g/mol. The lowest BCUT2D eigenvalue weighted by Gasteiger charge is -2.52. The number of hydrogen-bond acceptors (Lipinski definition) is 36. The largest absolute Gasteiger partial charge is 0.394 e. The van der Waals surface area contributed by atoms with Gasteiger partial charge in [-0.1, -0.05) is 121 Å². The second kappa shape index (κ2) is 43.5. The van der Waals surface area contributed by atoms with E-state index in [4.69, 9.17) is 80.5 Å². The number of rotatable bonds is 35. The molecular formula is C78H108N4O36. The number of aliphatic hydroxyl groups is 15. The van der Waals surface area contributed by atoms with Crippen molar-refractivity contribution in [1.29, 1.82) is 0 Å². The summed E-state index contributed by atoms with van der Waals surface area (Å²) in [5.41, 5.74) is 2.61. The molecule has 0 aliphatic carbocycles. The molecule has 7 fully saturated rings. The molecule has 40 heteroatoms. The molecule has 0 aromatic heterocycles. The molecule has 7 heterocycles. The van der Waals surface area contributed by atoms with Gasteiger partial charge in [0.2, 0.25) is 23.6 Å². The fourth-order valence-electron chi connectivity index (χ4n) is 15.1. The third-order valence-electron chi connectivity index (χ3n) is 21.1. The first kappa shape index (κ1) is 92.2. The van der Waals surface area contributed by atoms with Crippen LogP contribution in [-0.4, -0.2) is 361 Å². The lowest BCUT2D eigenvalue weighted by Crippen LogP contribution is -2.71. The van der Waals surface area contributed by atoms with E-state index in [-0.39, 0.29) is 33.0 Å². The maximum atomic E-state index is 14.2. The van der Waals surface area contributed by atoms with Gasteiger partial charge >= 0.3 is 0 Å². The van der Waals surface area contributed by atoms with Crippen LogP contribution < -0.4 is 21.3 Å². The Hall–Kier alpha value is -6.52. The van der Waals surface area contributed by atoms with E-state index in [1.165, 1.54) is 13.8 Å². The Morgan fingerprint density at radius 2 is 0.593 bits per heavy atom. The van der Waals surface area contributed by atoms with Gasteiger partial charge in [0.1, 0.15) is 171 Å². The van der Waals surface area contributed by atoms with Crippen molar-refractivity contribution >= 4 is 23.6 Å². The Morgan fingerprint density at radius 3 is 1.02 bits per heavy atom.